The van der Waals surface area contributed by atoms with Crippen molar-refractivity contribution in [3.63, 3.8) is 0 Å². The first-order chi connectivity index (χ1) is 14.4. The third-order valence-electron chi connectivity index (χ3n) is 5.17. The summed E-state index contributed by atoms with van der Waals surface area (Å²) in [7, 11) is 0. The predicted molar refractivity (Wildman–Crippen MR) is 105 cm³/mol. The summed E-state index contributed by atoms with van der Waals surface area (Å²) in [5.41, 5.74) is 3.12. The predicted octanol–water partition coefficient (Wildman–Crippen LogP) is 5.72. The van der Waals surface area contributed by atoms with Crippen molar-refractivity contribution < 1.29 is 22.7 Å². The van der Waals surface area contributed by atoms with E-state index in [2.05, 4.69) is 13.0 Å². The van der Waals surface area contributed by atoms with Gasteiger partial charge in [-0.05, 0) is 34.7 Å². The van der Waals surface area contributed by atoms with Gasteiger partial charge in [0.05, 0.1) is 5.56 Å². The second-order valence-corrected chi connectivity index (χ2v) is 7.13. The smallest absolute Gasteiger partial charge is 0.346 e. The summed E-state index contributed by atoms with van der Waals surface area (Å²) in [5, 5.41) is 8.71. The van der Waals surface area contributed by atoms with Crippen LogP contribution in [0.3, 0.4) is 0 Å². The van der Waals surface area contributed by atoms with E-state index in [1.54, 1.807) is 6.07 Å². The fraction of sp³-hybridized carbons (Fsp3) is 0.167. The molecule has 150 valence electrons. The molecule has 0 aliphatic heterocycles. The van der Waals surface area contributed by atoms with E-state index >= 15 is 4.39 Å². The minimum absolute atomic E-state index is 0.319. The highest BCUT2D eigenvalue weighted by Crippen LogP contribution is 2.39. The van der Waals surface area contributed by atoms with Crippen LogP contribution in [0.15, 0.2) is 42.5 Å². The van der Waals surface area contributed by atoms with Crippen LogP contribution in [0.25, 0.3) is 11.1 Å². The van der Waals surface area contributed by atoms with Crippen molar-refractivity contribution in [3.8, 4) is 22.9 Å². The van der Waals surface area contributed by atoms with Crippen LogP contribution in [-0.4, -0.2) is 5.97 Å². The molecule has 0 fully saturated rings. The Morgan fingerprint density at radius 1 is 1.07 bits per heavy atom. The maximum Gasteiger partial charge on any atom is 0.346 e. The number of benzene rings is 3. The number of carbonyl (C=O) groups excluding carboxylic acids is 1. The zero-order valence-corrected chi connectivity index (χ0v) is 16.1. The van der Waals surface area contributed by atoms with Crippen molar-refractivity contribution in [3.05, 3.63) is 87.7 Å². The molecule has 0 bridgehead atoms. The van der Waals surface area contributed by atoms with Crippen molar-refractivity contribution in [2.45, 2.75) is 26.2 Å². The Morgan fingerprint density at radius 2 is 1.77 bits per heavy atom. The molecule has 0 aromatic heterocycles. The van der Waals surface area contributed by atoms with Gasteiger partial charge in [0, 0.05) is 24.1 Å². The van der Waals surface area contributed by atoms with E-state index in [1.807, 2.05) is 12.1 Å². The Kier molecular flexibility index (Phi) is 5.04. The third kappa shape index (κ3) is 3.33. The zero-order chi connectivity index (χ0) is 21.4. The van der Waals surface area contributed by atoms with Crippen molar-refractivity contribution in [1.82, 2.24) is 0 Å². The van der Waals surface area contributed by atoms with E-state index in [-0.39, 0.29) is 5.56 Å². The van der Waals surface area contributed by atoms with Gasteiger partial charge >= 0.3 is 5.97 Å². The fourth-order valence-electron chi connectivity index (χ4n) is 3.77. The van der Waals surface area contributed by atoms with E-state index < -0.39 is 34.7 Å². The van der Waals surface area contributed by atoms with Crippen LogP contribution >= 0.6 is 0 Å². The van der Waals surface area contributed by atoms with E-state index in [0.29, 0.717) is 12.0 Å². The first-order valence-corrected chi connectivity index (χ1v) is 9.47. The molecule has 3 nitrogen and oxygen atoms in total. The van der Waals surface area contributed by atoms with Crippen LogP contribution in [0, 0.1) is 28.8 Å². The first-order valence-electron chi connectivity index (χ1n) is 9.47. The molecule has 0 radical (unpaired) electrons. The highest BCUT2D eigenvalue weighted by molar-refractivity contribution is 5.93. The minimum atomic E-state index is -1.16. The van der Waals surface area contributed by atoms with Crippen LogP contribution in [0.1, 0.15) is 46.0 Å². The number of fused-ring (bicyclic) bond motifs is 3. The lowest BCUT2D eigenvalue weighted by Gasteiger charge is -2.09. The van der Waals surface area contributed by atoms with Crippen molar-refractivity contribution in [1.29, 1.82) is 5.26 Å². The molecule has 1 aliphatic carbocycles. The number of hydrogen-bond donors (Lipinski definition) is 0. The zero-order valence-electron chi connectivity index (χ0n) is 16.1. The normalized spacial score (nSPS) is 11.6. The molecule has 4 rings (SSSR count). The van der Waals surface area contributed by atoms with Gasteiger partial charge in [0.2, 0.25) is 0 Å². The Bertz CT molecular complexity index is 1200. The lowest BCUT2D eigenvalue weighted by atomic mass is 10.0. The van der Waals surface area contributed by atoms with Gasteiger partial charge in [-0.25, -0.2) is 18.0 Å². The number of rotatable bonds is 4. The number of ether oxygens (including phenoxy) is 1. The molecule has 1 aliphatic rings. The van der Waals surface area contributed by atoms with Gasteiger partial charge in [-0.2, -0.15) is 5.26 Å². The molecular formula is C24H16F3NO2. The summed E-state index contributed by atoms with van der Waals surface area (Å²) < 4.78 is 47.6. The molecule has 0 amide bonds. The lowest BCUT2D eigenvalue weighted by molar-refractivity contribution is 0.0729. The van der Waals surface area contributed by atoms with Crippen molar-refractivity contribution in [2.24, 2.45) is 0 Å². The first kappa shape index (κ1) is 19.7. The van der Waals surface area contributed by atoms with Crippen molar-refractivity contribution >= 4 is 5.97 Å². The average molecular weight is 407 g/mol. The fourth-order valence-corrected chi connectivity index (χ4v) is 3.77. The molecule has 3 aromatic rings. The van der Waals surface area contributed by atoms with Gasteiger partial charge in [0.25, 0.3) is 0 Å². The Balaban J connectivity index is 1.63. The van der Waals surface area contributed by atoms with Gasteiger partial charge in [-0.15, -0.1) is 0 Å². The van der Waals surface area contributed by atoms with Gasteiger partial charge in [0.1, 0.15) is 34.8 Å². The SMILES string of the molecule is CCCc1ccc2c(c1)Cc1c-2ccc(C(=O)Oc2cc(F)c(C#N)c(F)c2)c1F. The van der Waals surface area contributed by atoms with Crippen LogP contribution < -0.4 is 4.74 Å². The summed E-state index contributed by atoms with van der Waals surface area (Å²) in [5.74, 6) is -4.54. The third-order valence-corrected chi connectivity index (χ3v) is 5.17. The number of halogens is 3. The maximum atomic E-state index is 15.1. The monoisotopic (exact) mass is 407 g/mol. The molecule has 0 heterocycles. The summed E-state index contributed by atoms with van der Waals surface area (Å²) in [4.78, 5) is 12.5. The number of esters is 1. The Hall–Kier alpha value is -3.59. The number of hydrogen-bond acceptors (Lipinski definition) is 3. The standard InChI is InChI=1S/C24H16F3NO2/c1-2-3-13-4-5-16-14(8-13)9-19-17(16)6-7-18(23(19)27)24(29)30-15-10-21(25)20(12-28)22(26)11-15/h4-8,10-11H,2-3,9H2,1H3. The van der Waals surface area contributed by atoms with Gasteiger partial charge in [-0.1, -0.05) is 37.6 Å². The Labute approximate surface area is 171 Å². The summed E-state index contributed by atoms with van der Waals surface area (Å²) >= 11 is 0. The van der Waals surface area contributed by atoms with Crippen LogP contribution in [0.2, 0.25) is 0 Å². The number of aryl methyl sites for hydroxylation is 1. The summed E-state index contributed by atoms with van der Waals surface area (Å²) in [6, 6.07) is 11.8. The molecular weight excluding hydrogens is 391 g/mol. The molecule has 0 spiro atoms. The highest BCUT2D eigenvalue weighted by Gasteiger charge is 2.27. The number of nitrogens with zero attached hydrogens (tertiary/aromatic N) is 1. The number of carbonyl (C=O) groups is 1. The molecule has 30 heavy (non-hydrogen) atoms. The second-order valence-electron chi connectivity index (χ2n) is 7.13. The largest absolute Gasteiger partial charge is 0.423 e. The van der Waals surface area contributed by atoms with E-state index in [4.69, 9.17) is 10.00 Å². The van der Waals surface area contributed by atoms with Gasteiger partial charge < -0.3 is 4.74 Å². The van der Waals surface area contributed by atoms with Gasteiger partial charge in [0.15, 0.2) is 0 Å². The van der Waals surface area contributed by atoms with Crippen LogP contribution in [0.4, 0.5) is 13.2 Å². The maximum absolute atomic E-state index is 15.1. The molecule has 0 atom stereocenters. The quantitative estimate of drug-likeness (QED) is 0.321. The average Bonchev–Trinajstić information content (AvgIpc) is 3.07. The summed E-state index contributed by atoms with van der Waals surface area (Å²) in [6.07, 6.45) is 2.29. The molecule has 0 saturated heterocycles. The van der Waals surface area contributed by atoms with E-state index in [1.165, 1.54) is 17.7 Å². The minimum Gasteiger partial charge on any atom is -0.423 e. The van der Waals surface area contributed by atoms with E-state index in [9.17, 15) is 13.6 Å². The molecule has 0 saturated carbocycles. The molecule has 6 heteroatoms. The topological polar surface area (TPSA) is 50.1 Å². The molecule has 0 unspecified atom stereocenters. The van der Waals surface area contributed by atoms with Crippen LogP contribution in [0.5, 0.6) is 5.75 Å². The summed E-state index contributed by atoms with van der Waals surface area (Å²) in [6.45, 7) is 2.09. The van der Waals surface area contributed by atoms with E-state index in [0.717, 1.165) is 41.7 Å². The molecule has 3 aromatic carbocycles. The number of nitriles is 1. The Morgan fingerprint density at radius 3 is 2.43 bits per heavy atom. The highest BCUT2D eigenvalue weighted by atomic mass is 19.1. The van der Waals surface area contributed by atoms with Gasteiger partial charge in [-0.3, -0.25) is 0 Å². The van der Waals surface area contributed by atoms with Crippen molar-refractivity contribution in [2.75, 3.05) is 0 Å². The lowest BCUT2D eigenvalue weighted by Crippen LogP contribution is -2.12. The van der Waals surface area contributed by atoms with Crippen LogP contribution in [-0.2, 0) is 12.8 Å². The second kappa shape index (κ2) is 7.68. The molecule has 0 N–H and O–H groups in total.